The van der Waals surface area contributed by atoms with Gasteiger partial charge in [0.05, 0.1) is 0 Å². The maximum absolute atomic E-state index is 13.0. The van der Waals surface area contributed by atoms with Crippen LogP contribution in [0.3, 0.4) is 0 Å². The Labute approximate surface area is 226 Å². The highest BCUT2D eigenvalue weighted by atomic mass is 16.2. The number of anilines is 4. The molecular formula is C28H32N8O3. The zero-order chi connectivity index (χ0) is 28.1. The number of aromatic nitrogens is 3. The van der Waals surface area contributed by atoms with Gasteiger partial charge >= 0.3 is 0 Å². The van der Waals surface area contributed by atoms with Crippen molar-refractivity contribution in [2.75, 3.05) is 29.0 Å². The van der Waals surface area contributed by atoms with Gasteiger partial charge in [-0.05, 0) is 66.8 Å². The molecule has 1 atom stereocenters. The zero-order valence-electron chi connectivity index (χ0n) is 22.2. The minimum atomic E-state index is -0.804. The molecule has 5 N–H and O–H groups in total. The number of carbonyl (C=O) groups is 3. The summed E-state index contributed by atoms with van der Waals surface area (Å²) in [6.07, 6.45) is 1.97. The van der Waals surface area contributed by atoms with Crippen molar-refractivity contribution in [1.29, 1.82) is 0 Å². The highest BCUT2D eigenvalue weighted by Crippen LogP contribution is 2.24. The summed E-state index contributed by atoms with van der Waals surface area (Å²) in [6, 6.07) is 12.5. The molecule has 11 nitrogen and oxygen atoms in total. The van der Waals surface area contributed by atoms with Crippen LogP contribution in [0.25, 0.3) is 0 Å². The second-order valence-corrected chi connectivity index (χ2v) is 9.70. The van der Waals surface area contributed by atoms with Crippen molar-refractivity contribution in [2.45, 2.75) is 39.2 Å². The molecular weight excluding hydrogens is 496 g/mol. The molecule has 0 spiro atoms. The molecule has 202 valence electrons. The Morgan fingerprint density at radius 3 is 2.62 bits per heavy atom. The van der Waals surface area contributed by atoms with Crippen molar-refractivity contribution < 1.29 is 14.4 Å². The fraction of sp³-hybridized carbons (Fsp3) is 0.286. The molecule has 1 saturated heterocycles. The lowest BCUT2D eigenvalue weighted by Crippen LogP contribution is -2.30. The predicted octanol–water partition coefficient (Wildman–Crippen LogP) is 3.60. The molecule has 4 rings (SSSR count). The van der Waals surface area contributed by atoms with Gasteiger partial charge < -0.3 is 26.6 Å². The Kier molecular flexibility index (Phi) is 8.18. The van der Waals surface area contributed by atoms with Gasteiger partial charge in [-0.25, -0.2) is 0 Å². The number of nitrogens with two attached hydrogens (primary N) is 1. The van der Waals surface area contributed by atoms with Crippen LogP contribution in [0.15, 0.2) is 55.1 Å². The van der Waals surface area contributed by atoms with Crippen LogP contribution in [-0.4, -0.2) is 56.9 Å². The number of nitrogens with one attached hydrogen (secondary N) is 3. The van der Waals surface area contributed by atoms with Gasteiger partial charge in [0.25, 0.3) is 11.8 Å². The van der Waals surface area contributed by atoms with E-state index < -0.39 is 5.91 Å². The molecule has 3 amide bonds. The Bertz CT molecular complexity index is 1420. The van der Waals surface area contributed by atoms with Gasteiger partial charge in [0.15, 0.2) is 11.5 Å². The third kappa shape index (κ3) is 6.56. The highest BCUT2D eigenvalue weighted by Gasteiger charge is 2.26. The highest BCUT2D eigenvalue weighted by molar-refractivity contribution is 6.05. The minimum absolute atomic E-state index is 0.0896. The summed E-state index contributed by atoms with van der Waals surface area (Å²) in [5.41, 5.74) is 9.30. The molecule has 0 unspecified atom stereocenters. The number of rotatable bonds is 9. The molecule has 3 aromatic rings. The van der Waals surface area contributed by atoms with Crippen LogP contribution in [0.2, 0.25) is 0 Å². The van der Waals surface area contributed by atoms with E-state index in [1.807, 2.05) is 25.1 Å². The molecule has 39 heavy (non-hydrogen) atoms. The van der Waals surface area contributed by atoms with Crippen LogP contribution in [0, 0.1) is 6.92 Å². The average molecular weight is 529 g/mol. The summed E-state index contributed by atoms with van der Waals surface area (Å²) in [7, 11) is 0. The normalized spacial score (nSPS) is 14.7. The SMILES string of the molecule is C=CC(=O)N1CC[C@H](Nc2nnc(C(N)=O)c(Nc3cccc(C(=O)Nc4ccc(C(C)C)c(C)c4)c3)n2)C1. The Hall–Kier alpha value is -4.80. The van der Waals surface area contributed by atoms with Crippen LogP contribution in [0.4, 0.5) is 23.1 Å². The Balaban J connectivity index is 1.49. The Morgan fingerprint density at radius 1 is 1.13 bits per heavy atom. The molecule has 2 aromatic carbocycles. The summed E-state index contributed by atoms with van der Waals surface area (Å²) < 4.78 is 0. The first-order chi connectivity index (χ1) is 18.6. The van der Waals surface area contributed by atoms with E-state index in [0.717, 1.165) is 5.56 Å². The topological polar surface area (TPSA) is 155 Å². The molecule has 0 aliphatic carbocycles. The lowest BCUT2D eigenvalue weighted by Gasteiger charge is -2.16. The van der Waals surface area contributed by atoms with Crippen molar-refractivity contribution in [3.8, 4) is 0 Å². The van der Waals surface area contributed by atoms with Crippen molar-refractivity contribution >= 4 is 40.9 Å². The number of benzene rings is 2. The maximum atomic E-state index is 13.0. The number of amides is 3. The van der Waals surface area contributed by atoms with Crippen molar-refractivity contribution in [1.82, 2.24) is 20.1 Å². The number of hydrogen-bond acceptors (Lipinski definition) is 8. The number of hydrogen-bond donors (Lipinski definition) is 4. The lowest BCUT2D eigenvalue weighted by atomic mass is 9.97. The van der Waals surface area contributed by atoms with E-state index in [1.54, 1.807) is 29.2 Å². The van der Waals surface area contributed by atoms with E-state index in [2.05, 4.69) is 51.6 Å². The lowest BCUT2D eigenvalue weighted by molar-refractivity contribution is -0.125. The van der Waals surface area contributed by atoms with E-state index in [-0.39, 0.29) is 35.3 Å². The van der Waals surface area contributed by atoms with Crippen molar-refractivity contribution in [3.05, 3.63) is 77.5 Å². The molecule has 0 radical (unpaired) electrons. The molecule has 1 aliphatic heterocycles. The van der Waals surface area contributed by atoms with E-state index >= 15 is 0 Å². The molecule has 0 bridgehead atoms. The van der Waals surface area contributed by atoms with Crippen molar-refractivity contribution in [2.24, 2.45) is 5.73 Å². The van der Waals surface area contributed by atoms with Gasteiger partial charge in [0.2, 0.25) is 11.9 Å². The number of aryl methyl sites for hydroxylation is 1. The van der Waals surface area contributed by atoms with E-state index in [9.17, 15) is 14.4 Å². The first-order valence-electron chi connectivity index (χ1n) is 12.7. The number of primary amides is 1. The Morgan fingerprint density at radius 2 is 1.92 bits per heavy atom. The summed E-state index contributed by atoms with van der Waals surface area (Å²) in [5, 5.41) is 17.0. The van der Waals surface area contributed by atoms with Gasteiger partial charge in [-0.3, -0.25) is 14.4 Å². The van der Waals surface area contributed by atoms with Crippen LogP contribution < -0.4 is 21.7 Å². The summed E-state index contributed by atoms with van der Waals surface area (Å²) in [6.45, 7) is 10.8. The monoisotopic (exact) mass is 528 g/mol. The standard InChI is InChI=1S/C28H32N8O3/c1-5-23(37)36-12-11-21(15-36)32-28-33-26(24(25(29)38)34-35-28)30-19-8-6-7-18(14-19)27(39)31-20-9-10-22(16(2)3)17(4)13-20/h5-10,13-14,16,21H,1,11-12,15H2,2-4H3,(H2,29,38)(H,31,39)(H2,30,32,33,35)/t21-/m0/s1. The molecule has 1 aromatic heterocycles. The second-order valence-electron chi connectivity index (χ2n) is 9.70. The first kappa shape index (κ1) is 27.2. The smallest absolute Gasteiger partial charge is 0.273 e. The largest absolute Gasteiger partial charge is 0.364 e. The quantitative estimate of drug-likeness (QED) is 0.307. The van der Waals surface area contributed by atoms with Crippen LogP contribution in [0.5, 0.6) is 0 Å². The molecule has 1 fully saturated rings. The van der Waals surface area contributed by atoms with Crippen LogP contribution in [-0.2, 0) is 4.79 Å². The average Bonchev–Trinajstić information content (AvgIpc) is 3.36. The number of carbonyl (C=O) groups excluding carboxylic acids is 3. The third-order valence-electron chi connectivity index (χ3n) is 6.47. The van der Waals surface area contributed by atoms with Crippen LogP contribution >= 0.6 is 0 Å². The second kappa shape index (κ2) is 11.7. The zero-order valence-corrected chi connectivity index (χ0v) is 22.2. The summed E-state index contributed by atoms with van der Waals surface area (Å²) in [4.78, 5) is 42.9. The third-order valence-corrected chi connectivity index (χ3v) is 6.47. The predicted molar refractivity (Wildman–Crippen MR) is 150 cm³/mol. The molecule has 2 heterocycles. The van der Waals surface area contributed by atoms with Gasteiger partial charge in [-0.1, -0.05) is 32.6 Å². The summed E-state index contributed by atoms with van der Waals surface area (Å²) >= 11 is 0. The fourth-order valence-electron chi connectivity index (χ4n) is 4.51. The summed E-state index contributed by atoms with van der Waals surface area (Å²) in [5.74, 6) is -0.570. The number of nitrogens with zero attached hydrogens (tertiary/aromatic N) is 4. The van der Waals surface area contributed by atoms with Gasteiger partial charge in [-0.15, -0.1) is 10.2 Å². The maximum Gasteiger partial charge on any atom is 0.273 e. The fourth-order valence-corrected chi connectivity index (χ4v) is 4.51. The van der Waals surface area contributed by atoms with Crippen LogP contribution in [0.1, 0.15) is 58.2 Å². The first-order valence-corrected chi connectivity index (χ1v) is 12.7. The molecule has 0 saturated carbocycles. The molecule has 11 heteroatoms. The van der Waals surface area contributed by atoms with Crippen molar-refractivity contribution in [3.63, 3.8) is 0 Å². The van der Waals surface area contributed by atoms with E-state index in [1.165, 1.54) is 11.6 Å². The number of likely N-dealkylation sites (tertiary alicyclic amines) is 1. The van der Waals surface area contributed by atoms with Gasteiger partial charge in [0, 0.05) is 36.1 Å². The van der Waals surface area contributed by atoms with Gasteiger partial charge in [0.1, 0.15) is 0 Å². The molecule has 1 aliphatic rings. The van der Waals surface area contributed by atoms with E-state index in [4.69, 9.17) is 5.73 Å². The minimum Gasteiger partial charge on any atom is -0.364 e. The van der Waals surface area contributed by atoms with Gasteiger partial charge in [-0.2, -0.15) is 4.98 Å². The van der Waals surface area contributed by atoms with E-state index in [0.29, 0.717) is 42.4 Å².